The number of rotatable bonds is 25. The van der Waals surface area contributed by atoms with Gasteiger partial charge in [0.1, 0.15) is 67.8 Å². The summed E-state index contributed by atoms with van der Waals surface area (Å²) in [7, 11) is -15.7. The first-order chi connectivity index (χ1) is 58.8. The van der Waals surface area contributed by atoms with Crippen molar-refractivity contribution in [2.24, 2.45) is 0 Å². The smallest absolute Gasteiger partial charge is 0.275 e. The highest BCUT2D eigenvalue weighted by Crippen LogP contribution is 2.30. The highest BCUT2D eigenvalue weighted by molar-refractivity contribution is 7.93. The number of amides is 4. The number of sulfone groups is 4. The Morgan fingerprint density at radius 3 is 0.912 bits per heavy atom. The Balaban J connectivity index is 0.000000189. The number of anilines is 4. The summed E-state index contributed by atoms with van der Waals surface area (Å²) < 4.78 is 108. The molecule has 0 aliphatic rings. The Kier molecular flexibility index (Phi) is 31.1. The second kappa shape index (κ2) is 40.8. The van der Waals surface area contributed by atoms with Crippen molar-refractivity contribution in [1.29, 1.82) is 0 Å². The Morgan fingerprint density at radius 1 is 0.336 bits per heavy atom. The number of nitrogens with two attached hydrogens (primary N) is 4. The van der Waals surface area contributed by atoms with Gasteiger partial charge in [-0.05, 0) is 202 Å². The van der Waals surface area contributed by atoms with Crippen molar-refractivity contribution >= 4 is 97.1 Å². The molecule has 0 atom stereocenters. The third-order valence-electron chi connectivity index (χ3n) is 20.0. The molecule has 0 saturated carbocycles. The molecule has 0 radical (unpaired) electrons. The van der Waals surface area contributed by atoms with Crippen LogP contribution in [0.2, 0.25) is 0 Å². The number of hydrogen-bond acceptors (Lipinski definition) is 25. The van der Waals surface area contributed by atoms with Crippen LogP contribution in [-0.2, 0) is 117 Å². The van der Waals surface area contributed by atoms with E-state index in [9.17, 15) is 72.0 Å². The molecular weight excluding hydrogens is 1700 g/mol. The van der Waals surface area contributed by atoms with E-state index in [0.717, 1.165) is 89.3 Å². The fraction of sp³-hybridized carbons (Fsp3) is 0.250. The van der Waals surface area contributed by atoms with E-state index >= 15 is 0 Å². The monoisotopic (exact) mass is 1790 g/mol. The summed E-state index contributed by atoms with van der Waals surface area (Å²) >= 11 is 1.04. The van der Waals surface area contributed by atoms with E-state index in [2.05, 4.69) is 41.2 Å². The minimum absolute atomic E-state index is 0.0399. The topological polar surface area (TPSA) is 497 Å². The van der Waals surface area contributed by atoms with Crippen molar-refractivity contribution in [3.05, 3.63) is 318 Å². The molecule has 12 aromatic rings. The summed E-state index contributed by atoms with van der Waals surface area (Å²) in [6.07, 6.45) is 0. The van der Waals surface area contributed by atoms with Gasteiger partial charge in [-0.25, -0.2) is 33.7 Å². The van der Waals surface area contributed by atoms with Gasteiger partial charge >= 0.3 is 0 Å². The molecule has 125 heavy (non-hydrogen) atoms. The third kappa shape index (κ3) is 23.7. The van der Waals surface area contributed by atoms with Gasteiger partial charge in [0.2, 0.25) is 53.1 Å². The minimum Gasteiger partial charge on any atom is -0.393 e. The van der Waals surface area contributed by atoms with Crippen LogP contribution in [0, 0.1) is 90.0 Å². The lowest BCUT2D eigenvalue weighted by Gasteiger charge is -2.15. The summed E-state index contributed by atoms with van der Waals surface area (Å²) in [6.45, 7) is 23.1. The molecule has 0 aliphatic heterocycles. The largest absolute Gasteiger partial charge is 0.393 e. The molecule has 3 aromatic carbocycles. The van der Waals surface area contributed by atoms with E-state index in [0.29, 0.717) is 28.3 Å². The molecule has 656 valence electrons. The van der Waals surface area contributed by atoms with Gasteiger partial charge in [0, 0.05) is 94.5 Å². The number of benzene rings is 3. The first-order valence-electron chi connectivity index (χ1n) is 38.8. The SMILES string of the molecule is Cc1ccc(CNC(=O)Cn2c(C)cc(S(=O)(=O)Cc3ccccc3)c(N)c2=O)c(C)n1.Cc1ccc(CNC(=O)Cn2c(C)cc(S(=O)(=O)c3ccccc3)c(N)c2=O)c(C)n1.Cc1ccc(CNC(=O)Cn2c(C)cc(S(=O)(=O)c3cccs3)c(N)c2=O)c(C)n1.Cc1ccc(S(=O)(=O)c2cc(C)n(CC(=O)NCc3ccc(C)nc3C)c(=O)c2N)cc1. The first-order valence-corrected chi connectivity index (χ1v) is 45.7. The van der Waals surface area contributed by atoms with Gasteiger partial charge in [-0.2, -0.15) is 0 Å². The quantitative estimate of drug-likeness (QED) is 0.0268. The van der Waals surface area contributed by atoms with E-state index in [4.69, 9.17) is 22.9 Å². The molecular formula is C88H98N16O16S5. The molecule has 9 aromatic heterocycles. The fourth-order valence-corrected chi connectivity index (χ4v) is 19.9. The standard InChI is InChI=1S/2C23H26N4O4S.C22H24N4O4S.C20H22N4O4S2/c1-14-5-9-19(10-6-14)32(30,31)20-11-16(3)27(23(29)22(20)24)13-21(28)25-12-18-8-7-15(2)26-17(18)4;1-15-9-10-19(17(3)26-15)12-25-21(28)13-27-16(2)11-20(22(24)23(27)29)32(30,31)14-18-7-5-4-6-8-18;1-14-9-10-17(16(3)25-14)12-24-20(27)13-26-15(2)11-19(21(23)22(26)28)31(29,30)18-7-5-4-6-8-18;1-12-6-7-15(14(3)23-12)10-22-17(25)11-24-13(2)9-16(19(21)20(24)26)30(27,28)18-5-4-8-29-18/h5-11H,12-13,24H2,1-4H3,(H,25,28);4-11H,12-14,24H2,1-3H3,(H,25,28);4-11H,12-13,23H2,1-3H3,(H,24,27);4-9H,10-11,21H2,1-3H3,(H,22,25). The minimum atomic E-state index is -3.98. The van der Waals surface area contributed by atoms with Crippen molar-refractivity contribution in [3.63, 3.8) is 0 Å². The van der Waals surface area contributed by atoms with Crippen LogP contribution in [-0.4, -0.2) is 95.5 Å². The Hall–Kier alpha value is -13.4. The van der Waals surface area contributed by atoms with Crippen LogP contribution in [0.5, 0.6) is 0 Å². The summed E-state index contributed by atoms with van der Waals surface area (Å²) in [5.74, 6) is -1.86. The average molecular weight is 1800 g/mol. The number of nitrogens with zero attached hydrogens (tertiary/aromatic N) is 8. The Morgan fingerprint density at radius 2 is 0.616 bits per heavy atom. The van der Waals surface area contributed by atoms with Gasteiger partial charge in [-0.3, -0.25) is 58.3 Å². The van der Waals surface area contributed by atoms with Crippen LogP contribution in [0.4, 0.5) is 22.7 Å². The summed E-state index contributed by atoms with van der Waals surface area (Å²) in [5.41, 5.74) is 32.2. The van der Waals surface area contributed by atoms with Crippen LogP contribution < -0.4 is 66.4 Å². The summed E-state index contributed by atoms with van der Waals surface area (Å²) in [5, 5.41) is 12.7. The van der Waals surface area contributed by atoms with E-state index in [1.165, 1.54) is 68.3 Å². The summed E-state index contributed by atoms with van der Waals surface area (Å²) in [6, 6.07) is 46.0. The maximum atomic E-state index is 13.0. The van der Waals surface area contributed by atoms with Crippen molar-refractivity contribution < 1.29 is 52.8 Å². The molecule has 12 N–H and O–H groups in total. The van der Waals surface area contributed by atoms with Gasteiger partial charge in [0.15, 0.2) is 9.84 Å². The lowest BCUT2D eigenvalue weighted by Crippen LogP contribution is -2.35. The lowest BCUT2D eigenvalue weighted by atomic mass is 10.2. The van der Waals surface area contributed by atoms with Gasteiger partial charge < -0.3 is 62.5 Å². The molecule has 37 heteroatoms. The zero-order chi connectivity index (χ0) is 91.9. The number of aromatic nitrogens is 8. The second-order valence-corrected chi connectivity index (χ2v) is 38.4. The molecule has 0 fully saturated rings. The number of carbonyl (C=O) groups excluding carboxylic acids is 4. The number of pyridine rings is 8. The number of carbonyl (C=O) groups is 4. The van der Waals surface area contributed by atoms with Gasteiger partial charge in [0.25, 0.3) is 22.2 Å². The Bertz CT molecular complexity index is 6860. The zero-order valence-electron chi connectivity index (χ0n) is 71.1. The van der Waals surface area contributed by atoms with E-state index in [-0.39, 0.29) is 91.7 Å². The number of aryl methyl sites for hydroxylation is 13. The van der Waals surface area contributed by atoms with Gasteiger partial charge in [0.05, 0.1) is 20.4 Å². The molecule has 0 saturated heterocycles. The number of nitrogen functional groups attached to an aromatic ring is 4. The van der Waals surface area contributed by atoms with Crippen LogP contribution >= 0.6 is 11.3 Å². The van der Waals surface area contributed by atoms with E-state index in [1.54, 1.807) is 99.8 Å². The normalized spacial score (nSPS) is 11.4. The molecule has 0 unspecified atom stereocenters. The predicted molar refractivity (Wildman–Crippen MR) is 477 cm³/mol. The maximum Gasteiger partial charge on any atom is 0.275 e. The number of nitrogens with one attached hydrogen (secondary N) is 4. The van der Waals surface area contributed by atoms with Crippen LogP contribution in [0.25, 0.3) is 0 Å². The molecule has 32 nitrogen and oxygen atoms in total. The van der Waals surface area contributed by atoms with E-state index in [1.807, 2.05) is 111 Å². The lowest BCUT2D eigenvalue weighted by molar-refractivity contribution is -0.122. The fourth-order valence-electron chi connectivity index (χ4n) is 12.9. The van der Waals surface area contributed by atoms with E-state index < -0.39 is 108 Å². The molecule has 0 bridgehead atoms. The highest BCUT2D eigenvalue weighted by atomic mass is 32.2. The molecule has 12 rings (SSSR count). The molecule has 0 aliphatic carbocycles. The van der Waals surface area contributed by atoms with Gasteiger partial charge in [-0.15, -0.1) is 11.3 Å². The van der Waals surface area contributed by atoms with Crippen molar-refractivity contribution in [3.8, 4) is 0 Å². The summed E-state index contributed by atoms with van der Waals surface area (Å²) in [4.78, 5) is 117. The Labute approximate surface area is 727 Å². The molecule has 4 amide bonds. The number of hydrogen-bond donors (Lipinski definition) is 8. The maximum absolute atomic E-state index is 13.0. The number of thiophene rings is 1. The van der Waals surface area contributed by atoms with Crippen LogP contribution in [0.3, 0.4) is 0 Å². The zero-order valence-corrected chi connectivity index (χ0v) is 75.1. The highest BCUT2D eigenvalue weighted by Gasteiger charge is 2.30. The average Bonchev–Trinajstić information content (AvgIpc) is 1.34. The predicted octanol–water partition coefficient (Wildman–Crippen LogP) is 8.11. The molecule has 9 heterocycles. The second-order valence-electron chi connectivity index (χ2n) is 29.5. The van der Waals surface area contributed by atoms with Crippen molar-refractivity contribution in [2.45, 2.75) is 182 Å². The first kappa shape index (κ1) is 95.5. The van der Waals surface area contributed by atoms with Crippen LogP contribution in [0.15, 0.2) is 228 Å². The van der Waals surface area contributed by atoms with Gasteiger partial charge in [-0.1, -0.05) is 96.6 Å². The van der Waals surface area contributed by atoms with Crippen LogP contribution in [0.1, 0.15) is 102 Å². The van der Waals surface area contributed by atoms with Crippen molar-refractivity contribution in [1.82, 2.24) is 59.5 Å². The third-order valence-corrected chi connectivity index (χ3v) is 28.6. The van der Waals surface area contributed by atoms with Crippen molar-refractivity contribution in [2.75, 3.05) is 22.9 Å². The molecule has 0 spiro atoms.